The molecule has 1 saturated carbocycles. The maximum atomic E-state index is 12.7. The van der Waals surface area contributed by atoms with E-state index in [1.54, 1.807) is 31.7 Å². The van der Waals surface area contributed by atoms with Gasteiger partial charge in [-0.2, -0.15) is 0 Å². The molecular weight excluding hydrogens is 266 g/mol. The quantitative estimate of drug-likeness (QED) is 0.856. The predicted octanol–water partition coefficient (Wildman–Crippen LogP) is 1.59. The van der Waals surface area contributed by atoms with Gasteiger partial charge in [-0.05, 0) is 30.5 Å². The van der Waals surface area contributed by atoms with Crippen LogP contribution < -0.4 is 5.56 Å². The van der Waals surface area contributed by atoms with Crippen LogP contribution in [-0.4, -0.2) is 26.4 Å². The van der Waals surface area contributed by atoms with E-state index < -0.39 is 0 Å². The zero-order valence-electron chi connectivity index (χ0n) is 11.9. The molecule has 0 aliphatic heterocycles. The predicted molar refractivity (Wildman–Crippen MR) is 78.8 cm³/mol. The molecule has 1 amide bonds. The number of aromatic nitrogens is 2. The Morgan fingerprint density at radius 3 is 2.81 bits per heavy atom. The molecule has 3 rings (SSSR count). The standard InChI is InChI=1S/C16H17N3O2/c1-18-11-13(4-7-15(18)20)16(21)19(14-5-6-14)10-12-3-2-8-17-9-12/h2-4,7-9,11,14H,5-6,10H2,1H3. The van der Waals surface area contributed by atoms with Gasteiger partial charge in [0.2, 0.25) is 5.56 Å². The molecule has 0 unspecified atom stereocenters. The highest BCUT2D eigenvalue weighted by molar-refractivity contribution is 5.94. The van der Waals surface area contributed by atoms with Gasteiger partial charge < -0.3 is 9.47 Å². The van der Waals surface area contributed by atoms with Crippen LogP contribution >= 0.6 is 0 Å². The Balaban J connectivity index is 1.85. The van der Waals surface area contributed by atoms with Gasteiger partial charge in [0.1, 0.15) is 0 Å². The van der Waals surface area contributed by atoms with Gasteiger partial charge in [0, 0.05) is 44.3 Å². The Bertz CT molecular complexity index is 705. The highest BCUT2D eigenvalue weighted by atomic mass is 16.2. The lowest BCUT2D eigenvalue weighted by molar-refractivity contribution is 0.0729. The van der Waals surface area contributed by atoms with Gasteiger partial charge in [0.15, 0.2) is 0 Å². The Hall–Kier alpha value is -2.43. The second-order valence-electron chi connectivity index (χ2n) is 5.39. The van der Waals surface area contributed by atoms with E-state index in [-0.39, 0.29) is 11.5 Å². The van der Waals surface area contributed by atoms with Crippen molar-refractivity contribution in [3.05, 3.63) is 64.3 Å². The first-order valence-electron chi connectivity index (χ1n) is 7.02. The van der Waals surface area contributed by atoms with Crippen LogP contribution in [0.15, 0.2) is 47.7 Å². The minimum Gasteiger partial charge on any atom is -0.331 e. The topological polar surface area (TPSA) is 55.2 Å². The summed E-state index contributed by atoms with van der Waals surface area (Å²) in [6.07, 6.45) is 7.18. The van der Waals surface area contributed by atoms with E-state index in [0.717, 1.165) is 18.4 Å². The van der Waals surface area contributed by atoms with Gasteiger partial charge in [-0.25, -0.2) is 0 Å². The lowest BCUT2D eigenvalue weighted by atomic mass is 10.2. The zero-order valence-corrected chi connectivity index (χ0v) is 11.9. The normalized spacial score (nSPS) is 14.0. The molecule has 1 aliphatic carbocycles. The van der Waals surface area contributed by atoms with Crippen molar-refractivity contribution in [1.29, 1.82) is 0 Å². The number of carbonyl (C=O) groups excluding carboxylic acids is 1. The van der Waals surface area contributed by atoms with E-state index >= 15 is 0 Å². The van der Waals surface area contributed by atoms with E-state index in [1.807, 2.05) is 17.0 Å². The first kappa shape index (κ1) is 13.5. The molecule has 1 fully saturated rings. The maximum absolute atomic E-state index is 12.7. The molecule has 0 bridgehead atoms. The van der Waals surface area contributed by atoms with Gasteiger partial charge in [-0.15, -0.1) is 0 Å². The average Bonchev–Trinajstić information content (AvgIpc) is 3.33. The van der Waals surface area contributed by atoms with Crippen molar-refractivity contribution in [2.75, 3.05) is 0 Å². The fourth-order valence-electron chi connectivity index (χ4n) is 2.33. The van der Waals surface area contributed by atoms with Gasteiger partial charge in [0.25, 0.3) is 5.91 Å². The molecule has 2 aromatic heterocycles. The lowest BCUT2D eigenvalue weighted by Gasteiger charge is -2.22. The SMILES string of the molecule is Cn1cc(C(=O)N(Cc2cccnc2)C2CC2)ccc1=O. The van der Waals surface area contributed by atoms with Gasteiger partial charge >= 0.3 is 0 Å². The van der Waals surface area contributed by atoms with Crippen molar-refractivity contribution >= 4 is 5.91 Å². The van der Waals surface area contributed by atoms with Gasteiger partial charge in [-0.1, -0.05) is 6.07 Å². The third-order valence-corrected chi connectivity index (χ3v) is 3.66. The molecule has 2 heterocycles. The number of nitrogens with zero attached hydrogens (tertiary/aromatic N) is 3. The smallest absolute Gasteiger partial charge is 0.255 e. The number of hydrogen-bond donors (Lipinski definition) is 0. The van der Waals surface area contributed by atoms with E-state index in [9.17, 15) is 9.59 Å². The molecule has 0 saturated heterocycles. The maximum Gasteiger partial charge on any atom is 0.255 e. The Labute approximate surface area is 122 Å². The molecule has 1 aliphatic rings. The Kier molecular flexibility index (Phi) is 3.56. The molecule has 5 nitrogen and oxygen atoms in total. The largest absolute Gasteiger partial charge is 0.331 e. The van der Waals surface area contributed by atoms with Crippen molar-refractivity contribution in [1.82, 2.24) is 14.5 Å². The van der Waals surface area contributed by atoms with Crippen LogP contribution in [0.1, 0.15) is 28.8 Å². The number of rotatable bonds is 4. The molecular formula is C16H17N3O2. The molecule has 108 valence electrons. The van der Waals surface area contributed by atoms with Crippen LogP contribution in [0.3, 0.4) is 0 Å². The number of hydrogen-bond acceptors (Lipinski definition) is 3. The summed E-state index contributed by atoms with van der Waals surface area (Å²) in [4.78, 5) is 30.1. The first-order valence-corrected chi connectivity index (χ1v) is 7.02. The third kappa shape index (κ3) is 3.02. The van der Waals surface area contributed by atoms with E-state index in [0.29, 0.717) is 18.2 Å². The summed E-state index contributed by atoms with van der Waals surface area (Å²) in [6, 6.07) is 7.18. The number of aryl methyl sites for hydroxylation is 1. The molecule has 5 heteroatoms. The monoisotopic (exact) mass is 283 g/mol. The Morgan fingerprint density at radius 1 is 1.38 bits per heavy atom. The van der Waals surface area contributed by atoms with Crippen LogP contribution in [0.25, 0.3) is 0 Å². The fourth-order valence-corrected chi connectivity index (χ4v) is 2.33. The number of pyridine rings is 2. The molecule has 0 spiro atoms. The van der Waals surface area contributed by atoms with Crippen LogP contribution in [0, 0.1) is 0 Å². The minimum atomic E-state index is -0.114. The third-order valence-electron chi connectivity index (χ3n) is 3.66. The summed E-state index contributed by atoms with van der Waals surface area (Å²) in [5.41, 5.74) is 1.45. The molecule has 0 radical (unpaired) electrons. The minimum absolute atomic E-state index is 0.0306. The van der Waals surface area contributed by atoms with Gasteiger partial charge in [0.05, 0.1) is 5.56 Å². The Morgan fingerprint density at radius 2 is 2.19 bits per heavy atom. The highest BCUT2D eigenvalue weighted by Crippen LogP contribution is 2.29. The van der Waals surface area contributed by atoms with Crippen LogP contribution in [0.2, 0.25) is 0 Å². The summed E-state index contributed by atoms with van der Waals surface area (Å²) >= 11 is 0. The average molecular weight is 283 g/mol. The van der Waals surface area contributed by atoms with Crippen LogP contribution in [0.5, 0.6) is 0 Å². The second kappa shape index (κ2) is 5.52. The van der Waals surface area contributed by atoms with Crippen LogP contribution in [0.4, 0.5) is 0 Å². The summed E-state index contributed by atoms with van der Waals surface area (Å²) < 4.78 is 1.43. The van der Waals surface area contributed by atoms with Crippen molar-refractivity contribution in [2.24, 2.45) is 7.05 Å². The molecule has 0 aromatic carbocycles. The molecule has 21 heavy (non-hydrogen) atoms. The first-order chi connectivity index (χ1) is 10.1. The fraction of sp³-hybridized carbons (Fsp3) is 0.312. The number of carbonyl (C=O) groups is 1. The molecule has 2 aromatic rings. The van der Waals surface area contributed by atoms with Crippen molar-refractivity contribution in [3.63, 3.8) is 0 Å². The number of amides is 1. The summed E-state index contributed by atoms with van der Waals surface area (Å²) in [7, 11) is 1.65. The summed E-state index contributed by atoms with van der Waals surface area (Å²) in [5.74, 6) is -0.0306. The van der Waals surface area contributed by atoms with E-state index in [4.69, 9.17) is 0 Å². The van der Waals surface area contributed by atoms with Crippen LogP contribution in [-0.2, 0) is 13.6 Å². The lowest BCUT2D eigenvalue weighted by Crippen LogP contribution is -2.33. The zero-order chi connectivity index (χ0) is 14.8. The summed E-state index contributed by atoms with van der Waals surface area (Å²) in [6.45, 7) is 0.556. The van der Waals surface area contributed by atoms with E-state index in [2.05, 4.69) is 4.98 Å². The van der Waals surface area contributed by atoms with Crippen molar-refractivity contribution in [2.45, 2.75) is 25.4 Å². The van der Waals surface area contributed by atoms with Crippen molar-refractivity contribution in [3.8, 4) is 0 Å². The molecule has 0 atom stereocenters. The van der Waals surface area contributed by atoms with Crippen molar-refractivity contribution < 1.29 is 4.79 Å². The van der Waals surface area contributed by atoms with E-state index in [1.165, 1.54) is 10.6 Å². The van der Waals surface area contributed by atoms with Gasteiger partial charge in [-0.3, -0.25) is 14.6 Å². The molecule has 0 N–H and O–H groups in total. The highest BCUT2D eigenvalue weighted by Gasteiger charge is 2.33. The second-order valence-corrected chi connectivity index (χ2v) is 5.39. The summed E-state index contributed by atoms with van der Waals surface area (Å²) in [5, 5.41) is 0.